The monoisotopic (exact) mass is 390 g/mol. The van der Waals surface area contributed by atoms with Crippen LogP contribution in [0.15, 0.2) is 53.3 Å². The van der Waals surface area contributed by atoms with Gasteiger partial charge in [-0.25, -0.2) is 0 Å². The van der Waals surface area contributed by atoms with Crippen molar-refractivity contribution >= 4 is 16.8 Å². The standard InChI is InChI=1S/C24H26N2O3/c1-16-10-11-19-13-20(23(27)25-22(19)17(16)2)15-26(14-18-7-4-3-5-8-18)24(28)21-9-6-12-29-21/h3-5,7-8,10-11,13,21H,6,9,12,14-15H2,1-2H3,(H,25,27). The molecule has 1 aliphatic rings. The number of aryl methyl sites for hydroxylation is 2. The van der Waals surface area contributed by atoms with Gasteiger partial charge in [-0.3, -0.25) is 9.59 Å². The molecule has 4 rings (SSSR count). The van der Waals surface area contributed by atoms with Crippen LogP contribution in [0.3, 0.4) is 0 Å². The first-order valence-electron chi connectivity index (χ1n) is 10.1. The molecular weight excluding hydrogens is 364 g/mol. The van der Waals surface area contributed by atoms with Crippen LogP contribution in [0, 0.1) is 13.8 Å². The van der Waals surface area contributed by atoms with Gasteiger partial charge in [0.2, 0.25) is 0 Å². The molecule has 0 radical (unpaired) electrons. The van der Waals surface area contributed by atoms with Gasteiger partial charge in [-0.2, -0.15) is 0 Å². The van der Waals surface area contributed by atoms with Crippen LogP contribution in [-0.4, -0.2) is 28.5 Å². The summed E-state index contributed by atoms with van der Waals surface area (Å²) in [4.78, 5) is 30.7. The Morgan fingerprint density at radius 1 is 1.14 bits per heavy atom. The van der Waals surface area contributed by atoms with E-state index >= 15 is 0 Å². The van der Waals surface area contributed by atoms with Crippen LogP contribution in [-0.2, 0) is 22.6 Å². The molecule has 0 saturated carbocycles. The van der Waals surface area contributed by atoms with Crippen molar-refractivity contribution in [2.24, 2.45) is 0 Å². The number of carbonyl (C=O) groups excluding carboxylic acids is 1. The summed E-state index contributed by atoms with van der Waals surface area (Å²) in [6, 6.07) is 15.8. The van der Waals surface area contributed by atoms with E-state index in [1.54, 1.807) is 4.90 Å². The fourth-order valence-corrected chi connectivity index (χ4v) is 3.88. The lowest BCUT2D eigenvalue weighted by molar-refractivity contribution is -0.142. The van der Waals surface area contributed by atoms with Gasteiger partial charge in [-0.05, 0) is 54.8 Å². The van der Waals surface area contributed by atoms with E-state index in [1.807, 2.05) is 56.3 Å². The van der Waals surface area contributed by atoms with Gasteiger partial charge in [0.1, 0.15) is 6.10 Å². The molecule has 1 unspecified atom stereocenters. The number of nitrogens with zero attached hydrogens (tertiary/aromatic N) is 1. The smallest absolute Gasteiger partial charge is 0.253 e. The molecule has 1 atom stereocenters. The fourth-order valence-electron chi connectivity index (χ4n) is 3.88. The number of aromatic amines is 1. The highest BCUT2D eigenvalue weighted by Crippen LogP contribution is 2.21. The van der Waals surface area contributed by atoms with E-state index in [1.165, 1.54) is 0 Å². The second-order valence-electron chi connectivity index (χ2n) is 7.78. The van der Waals surface area contributed by atoms with E-state index in [2.05, 4.69) is 11.1 Å². The first-order valence-corrected chi connectivity index (χ1v) is 10.1. The van der Waals surface area contributed by atoms with Crippen molar-refractivity contribution in [1.29, 1.82) is 0 Å². The van der Waals surface area contributed by atoms with Crippen LogP contribution < -0.4 is 5.56 Å². The number of pyridine rings is 1. The highest BCUT2D eigenvalue weighted by Gasteiger charge is 2.29. The normalized spacial score (nSPS) is 16.3. The van der Waals surface area contributed by atoms with Crippen molar-refractivity contribution in [3.63, 3.8) is 0 Å². The molecule has 150 valence electrons. The molecule has 0 bridgehead atoms. The van der Waals surface area contributed by atoms with E-state index in [-0.39, 0.29) is 18.0 Å². The largest absolute Gasteiger partial charge is 0.368 e. The number of fused-ring (bicyclic) bond motifs is 1. The van der Waals surface area contributed by atoms with Crippen LogP contribution in [0.4, 0.5) is 0 Å². The average Bonchev–Trinajstić information content (AvgIpc) is 3.26. The minimum absolute atomic E-state index is 0.0501. The minimum atomic E-state index is -0.414. The third-order valence-electron chi connectivity index (χ3n) is 5.72. The summed E-state index contributed by atoms with van der Waals surface area (Å²) in [7, 11) is 0. The number of carbonyl (C=O) groups is 1. The number of hydrogen-bond donors (Lipinski definition) is 1. The number of ether oxygens (including phenoxy) is 1. The quantitative estimate of drug-likeness (QED) is 0.720. The SMILES string of the molecule is Cc1ccc2cc(CN(Cc3ccccc3)C(=O)C3CCCO3)c(=O)[nH]c2c1C. The lowest BCUT2D eigenvalue weighted by atomic mass is 10.0. The summed E-state index contributed by atoms with van der Waals surface area (Å²) in [6.07, 6.45) is 1.21. The van der Waals surface area contributed by atoms with E-state index in [0.717, 1.165) is 40.4 Å². The van der Waals surface area contributed by atoms with Crippen molar-refractivity contribution in [2.75, 3.05) is 6.61 Å². The average molecular weight is 390 g/mol. The van der Waals surface area contributed by atoms with Gasteiger partial charge < -0.3 is 14.6 Å². The Bertz CT molecular complexity index is 1080. The molecule has 5 nitrogen and oxygen atoms in total. The van der Waals surface area contributed by atoms with Gasteiger partial charge >= 0.3 is 0 Å². The Hall–Kier alpha value is -2.92. The number of benzene rings is 2. The Labute approximate surface area is 170 Å². The lowest BCUT2D eigenvalue weighted by Gasteiger charge is -2.25. The highest BCUT2D eigenvalue weighted by molar-refractivity contribution is 5.84. The summed E-state index contributed by atoms with van der Waals surface area (Å²) < 4.78 is 5.62. The molecule has 2 heterocycles. The predicted octanol–water partition coefficient (Wildman–Crippen LogP) is 3.85. The summed E-state index contributed by atoms with van der Waals surface area (Å²) in [5, 5.41) is 0.979. The maximum Gasteiger partial charge on any atom is 0.253 e. The molecule has 1 N–H and O–H groups in total. The van der Waals surface area contributed by atoms with E-state index in [4.69, 9.17) is 4.74 Å². The maximum atomic E-state index is 13.1. The molecule has 3 aromatic rings. The fraction of sp³-hybridized carbons (Fsp3) is 0.333. The van der Waals surface area contributed by atoms with Crippen LogP contribution in [0.2, 0.25) is 0 Å². The maximum absolute atomic E-state index is 13.1. The summed E-state index contributed by atoms with van der Waals surface area (Å²) in [5.41, 5.74) is 4.54. The minimum Gasteiger partial charge on any atom is -0.368 e. The zero-order valence-corrected chi connectivity index (χ0v) is 16.9. The summed E-state index contributed by atoms with van der Waals surface area (Å²) in [5.74, 6) is -0.0501. The molecule has 1 aliphatic heterocycles. The van der Waals surface area contributed by atoms with Crippen LogP contribution >= 0.6 is 0 Å². The molecule has 1 saturated heterocycles. The van der Waals surface area contributed by atoms with E-state index < -0.39 is 6.10 Å². The Morgan fingerprint density at radius 3 is 2.66 bits per heavy atom. The number of H-pyrrole nitrogens is 1. The van der Waals surface area contributed by atoms with Crippen molar-refractivity contribution in [3.05, 3.63) is 81.1 Å². The molecule has 29 heavy (non-hydrogen) atoms. The molecule has 5 heteroatoms. The number of amides is 1. The van der Waals surface area contributed by atoms with Crippen LogP contribution in [0.25, 0.3) is 10.9 Å². The van der Waals surface area contributed by atoms with Gasteiger partial charge in [0.05, 0.1) is 12.1 Å². The van der Waals surface area contributed by atoms with Crippen LogP contribution in [0.1, 0.15) is 35.1 Å². The second kappa shape index (κ2) is 8.21. The van der Waals surface area contributed by atoms with E-state index in [0.29, 0.717) is 18.7 Å². The third-order valence-corrected chi connectivity index (χ3v) is 5.72. The van der Waals surface area contributed by atoms with Gasteiger partial charge in [-0.1, -0.05) is 42.5 Å². The van der Waals surface area contributed by atoms with Crippen molar-refractivity contribution < 1.29 is 9.53 Å². The molecular formula is C24H26N2O3. The number of rotatable bonds is 5. The Morgan fingerprint density at radius 2 is 1.93 bits per heavy atom. The molecule has 1 aromatic heterocycles. The Kier molecular flexibility index (Phi) is 5.49. The first kappa shape index (κ1) is 19.4. The second-order valence-corrected chi connectivity index (χ2v) is 7.78. The van der Waals surface area contributed by atoms with Gasteiger partial charge in [0.25, 0.3) is 11.5 Å². The predicted molar refractivity (Wildman–Crippen MR) is 114 cm³/mol. The number of nitrogens with one attached hydrogen (secondary N) is 1. The highest BCUT2D eigenvalue weighted by atomic mass is 16.5. The van der Waals surface area contributed by atoms with Crippen LogP contribution in [0.5, 0.6) is 0 Å². The molecule has 0 aliphatic carbocycles. The molecule has 1 fully saturated rings. The third kappa shape index (κ3) is 4.10. The van der Waals surface area contributed by atoms with Crippen molar-refractivity contribution in [3.8, 4) is 0 Å². The Balaban J connectivity index is 1.67. The first-order chi connectivity index (χ1) is 14.0. The number of aromatic nitrogens is 1. The molecule has 1 amide bonds. The van der Waals surface area contributed by atoms with Crippen molar-refractivity contribution in [1.82, 2.24) is 9.88 Å². The van der Waals surface area contributed by atoms with Gasteiger partial charge in [-0.15, -0.1) is 0 Å². The zero-order chi connectivity index (χ0) is 20.4. The number of hydrogen-bond acceptors (Lipinski definition) is 3. The molecule has 0 spiro atoms. The van der Waals surface area contributed by atoms with Gasteiger partial charge in [0, 0.05) is 18.7 Å². The lowest BCUT2D eigenvalue weighted by Crippen LogP contribution is -2.39. The van der Waals surface area contributed by atoms with E-state index in [9.17, 15) is 9.59 Å². The zero-order valence-electron chi connectivity index (χ0n) is 16.9. The summed E-state index contributed by atoms with van der Waals surface area (Å²) in [6.45, 7) is 5.36. The van der Waals surface area contributed by atoms with Crippen molar-refractivity contribution in [2.45, 2.75) is 45.9 Å². The van der Waals surface area contributed by atoms with Gasteiger partial charge in [0.15, 0.2) is 0 Å². The molecule has 2 aromatic carbocycles. The summed E-state index contributed by atoms with van der Waals surface area (Å²) >= 11 is 0. The topological polar surface area (TPSA) is 62.4 Å².